The fourth-order valence-corrected chi connectivity index (χ4v) is 3.29. The number of aromatic nitrogens is 2. The van der Waals surface area contributed by atoms with Gasteiger partial charge >= 0.3 is 0 Å². The van der Waals surface area contributed by atoms with Gasteiger partial charge in [0.2, 0.25) is 0 Å². The van der Waals surface area contributed by atoms with Gasteiger partial charge in [-0.2, -0.15) is 10.2 Å². The Hall–Kier alpha value is -1.67. The van der Waals surface area contributed by atoms with Crippen molar-refractivity contribution in [3.05, 3.63) is 45.7 Å². The second-order valence-corrected chi connectivity index (χ2v) is 7.10. The molecule has 1 atom stereocenters. The minimum Gasteiger partial charge on any atom is -0.376 e. The molecular formula is C17H19Cl2N5OS. The first-order chi connectivity index (χ1) is 12.5. The van der Waals surface area contributed by atoms with Gasteiger partial charge in [-0.05, 0) is 50.2 Å². The van der Waals surface area contributed by atoms with Crippen molar-refractivity contribution < 1.29 is 4.74 Å². The van der Waals surface area contributed by atoms with E-state index in [0.717, 1.165) is 30.8 Å². The van der Waals surface area contributed by atoms with Crippen LogP contribution in [0.15, 0.2) is 29.4 Å². The summed E-state index contributed by atoms with van der Waals surface area (Å²) in [5.41, 5.74) is 5.03. The van der Waals surface area contributed by atoms with Crippen molar-refractivity contribution in [3.63, 3.8) is 0 Å². The van der Waals surface area contributed by atoms with Crippen LogP contribution in [0.3, 0.4) is 0 Å². The summed E-state index contributed by atoms with van der Waals surface area (Å²) in [5, 5.41) is 13.2. The van der Waals surface area contributed by atoms with E-state index in [1.165, 1.54) is 0 Å². The van der Waals surface area contributed by atoms with E-state index in [1.54, 1.807) is 23.0 Å². The average molecular weight is 412 g/mol. The van der Waals surface area contributed by atoms with Crippen molar-refractivity contribution in [2.24, 2.45) is 5.10 Å². The van der Waals surface area contributed by atoms with Crippen LogP contribution in [0, 0.1) is 6.92 Å². The standard InChI is InChI=1S/C17H19Cl2N5OS/c1-11-15(10-21-22-17(26)20-9-14-6-3-7-25-14)16(19)24(23-11)13-5-2-4-12(18)8-13/h2,4-5,8,10,14H,3,6-7,9H2,1H3,(H2,20,22,26)/b21-10-/t14-/m1/s1. The third-order valence-corrected chi connectivity index (χ3v) is 4.81. The summed E-state index contributed by atoms with van der Waals surface area (Å²) in [7, 11) is 0. The van der Waals surface area contributed by atoms with Gasteiger partial charge in [-0.25, -0.2) is 4.68 Å². The Morgan fingerprint density at radius 3 is 3.08 bits per heavy atom. The molecule has 9 heteroatoms. The molecule has 1 aromatic carbocycles. The molecule has 1 fully saturated rings. The van der Waals surface area contributed by atoms with Crippen molar-refractivity contribution in [1.29, 1.82) is 0 Å². The lowest BCUT2D eigenvalue weighted by molar-refractivity contribution is 0.114. The molecule has 1 aromatic heterocycles. The van der Waals surface area contributed by atoms with Gasteiger partial charge in [-0.15, -0.1) is 0 Å². The second-order valence-electron chi connectivity index (χ2n) is 5.90. The van der Waals surface area contributed by atoms with Crippen LogP contribution in [0.4, 0.5) is 0 Å². The number of hydrogen-bond donors (Lipinski definition) is 2. The fourth-order valence-electron chi connectivity index (χ4n) is 2.64. The van der Waals surface area contributed by atoms with Crippen LogP contribution >= 0.6 is 35.4 Å². The normalized spacial score (nSPS) is 17.0. The molecule has 0 aliphatic carbocycles. The maximum absolute atomic E-state index is 6.45. The van der Waals surface area contributed by atoms with Crippen LogP contribution in [-0.2, 0) is 4.74 Å². The van der Waals surface area contributed by atoms with Crippen molar-refractivity contribution in [2.75, 3.05) is 13.2 Å². The summed E-state index contributed by atoms with van der Waals surface area (Å²) in [6.07, 6.45) is 3.97. The van der Waals surface area contributed by atoms with E-state index in [9.17, 15) is 0 Å². The average Bonchev–Trinajstić information content (AvgIpc) is 3.23. The van der Waals surface area contributed by atoms with Gasteiger partial charge in [0.1, 0.15) is 5.15 Å². The molecule has 0 bridgehead atoms. The molecule has 0 unspecified atom stereocenters. The van der Waals surface area contributed by atoms with Crippen molar-refractivity contribution in [1.82, 2.24) is 20.5 Å². The molecule has 138 valence electrons. The summed E-state index contributed by atoms with van der Waals surface area (Å²) >= 11 is 17.7. The number of nitrogens with one attached hydrogen (secondary N) is 2. The van der Waals surface area contributed by atoms with E-state index in [-0.39, 0.29) is 6.10 Å². The summed E-state index contributed by atoms with van der Waals surface area (Å²) in [6, 6.07) is 7.32. The highest BCUT2D eigenvalue weighted by Gasteiger charge is 2.15. The molecule has 0 radical (unpaired) electrons. The molecule has 1 aliphatic heterocycles. The molecule has 26 heavy (non-hydrogen) atoms. The number of hydrogen-bond acceptors (Lipinski definition) is 4. The molecule has 0 saturated carbocycles. The van der Waals surface area contributed by atoms with Gasteiger partial charge in [0, 0.05) is 18.2 Å². The molecule has 2 aromatic rings. The van der Waals surface area contributed by atoms with Crippen LogP contribution in [0.25, 0.3) is 5.69 Å². The zero-order valence-corrected chi connectivity index (χ0v) is 16.5. The van der Waals surface area contributed by atoms with Gasteiger partial charge < -0.3 is 10.1 Å². The first-order valence-corrected chi connectivity index (χ1v) is 9.40. The Labute approximate surface area is 167 Å². The highest BCUT2D eigenvalue weighted by atomic mass is 35.5. The Morgan fingerprint density at radius 2 is 2.35 bits per heavy atom. The van der Waals surface area contributed by atoms with Gasteiger partial charge in [0.05, 0.1) is 29.3 Å². The first-order valence-electron chi connectivity index (χ1n) is 8.24. The van der Waals surface area contributed by atoms with Gasteiger partial charge in [0.15, 0.2) is 5.11 Å². The minimum absolute atomic E-state index is 0.214. The lowest BCUT2D eigenvalue weighted by Gasteiger charge is -2.11. The van der Waals surface area contributed by atoms with Crippen molar-refractivity contribution >= 4 is 46.7 Å². The number of benzene rings is 1. The summed E-state index contributed by atoms with van der Waals surface area (Å²) in [4.78, 5) is 0. The summed E-state index contributed by atoms with van der Waals surface area (Å²) < 4.78 is 7.16. The largest absolute Gasteiger partial charge is 0.376 e. The fraction of sp³-hybridized carbons (Fsp3) is 0.353. The van der Waals surface area contributed by atoms with E-state index in [0.29, 0.717) is 27.4 Å². The topological polar surface area (TPSA) is 63.5 Å². The van der Waals surface area contributed by atoms with Crippen molar-refractivity contribution in [3.8, 4) is 5.69 Å². The molecule has 1 aliphatic rings. The summed E-state index contributed by atoms with van der Waals surface area (Å²) in [5.74, 6) is 0. The predicted molar refractivity (Wildman–Crippen MR) is 109 cm³/mol. The number of hydrazone groups is 1. The predicted octanol–water partition coefficient (Wildman–Crippen LogP) is 3.46. The Kier molecular flexibility index (Phi) is 6.48. The van der Waals surface area contributed by atoms with E-state index in [1.807, 2.05) is 19.1 Å². The highest BCUT2D eigenvalue weighted by Crippen LogP contribution is 2.23. The monoisotopic (exact) mass is 411 g/mol. The minimum atomic E-state index is 0.214. The van der Waals surface area contributed by atoms with Crippen LogP contribution in [-0.4, -0.2) is 40.4 Å². The van der Waals surface area contributed by atoms with Crippen molar-refractivity contribution in [2.45, 2.75) is 25.9 Å². The van der Waals surface area contributed by atoms with E-state index in [4.69, 9.17) is 40.2 Å². The number of nitrogens with zero attached hydrogens (tertiary/aromatic N) is 3. The molecule has 3 rings (SSSR count). The lowest BCUT2D eigenvalue weighted by atomic mass is 10.2. The lowest BCUT2D eigenvalue weighted by Crippen LogP contribution is -2.37. The second kappa shape index (κ2) is 8.81. The Morgan fingerprint density at radius 1 is 1.50 bits per heavy atom. The molecule has 2 heterocycles. The number of aryl methyl sites for hydroxylation is 1. The SMILES string of the molecule is Cc1nn(-c2cccc(Cl)c2)c(Cl)c1/C=N\NC(=S)NC[C@H]1CCCO1. The zero-order chi connectivity index (χ0) is 18.5. The molecule has 0 amide bonds. The number of rotatable bonds is 5. The maximum Gasteiger partial charge on any atom is 0.187 e. The van der Waals surface area contributed by atoms with Crippen LogP contribution in [0.1, 0.15) is 24.1 Å². The Balaban J connectivity index is 1.62. The molecule has 0 spiro atoms. The molecular weight excluding hydrogens is 393 g/mol. The molecule has 6 nitrogen and oxygen atoms in total. The number of thiocarbonyl (C=S) groups is 1. The molecule has 2 N–H and O–H groups in total. The third kappa shape index (κ3) is 4.73. The van der Waals surface area contributed by atoms with Gasteiger partial charge in [0.25, 0.3) is 0 Å². The van der Waals surface area contributed by atoms with E-state index >= 15 is 0 Å². The van der Waals surface area contributed by atoms with Gasteiger partial charge in [-0.1, -0.05) is 29.3 Å². The van der Waals surface area contributed by atoms with Crippen LogP contribution in [0.5, 0.6) is 0 Å². The zero-order valence-electron chi connectivity index (χ0n) is 14.2. The quantitative estimate of drug-likeness (QED) is 0.448. The smallest absolute Gasteiger partial charge is 0.187 e. The Bertz CT molecular complexity index is 817. The highest BCUT2D eigenvalue weighted by molar-refractivity contribution is 7.80. The third-order valence-electron chi connectivity index (χ3n) is 3.97. The van der Waals surface area contributed by atoms with E-state index < -0.39 is 0 Å². The maximum atomic E-state index is 6.45. The number of halogens is 2. The first kappa shape index (κ1) is 19.1. The van der Waals surface area contributed by atoms with Crippen LogP contribution < -0.4 is 10.7 Å². The summed E-state index contributed by atoms with van der Waals surface area (Å²) in [6.45, 7) is 3.36. The van der Waals surface area contributed by atoms with Gasteiger partial charge in [-0.3, -0.25) is 5.43 Å². The van der Waals surface area contributed by atoms with E-state index in [2.05, 4.69) is 20.9 Å². The molecule has 1 saturated heterocycles. The van der Waals surface area contributed by atoms with Crippen LogP contribution in [0.2, 0.25) is 10.2 Å². The number of ether oxygens (including phenoxy) is 1.